The van der Waals surface area contributed by atoms with Gasteiger partial charge < -0.3 is 4.74 Å². The Hall–Kier alpha value is -2.65. The molecule has 0 saturated carbocycles. The van der Waals surface area contributed by atoms with Gasteiger partial charge in [0, 0.05) is 12.3 Å². The summed E-state index contributed by atoms with van der Waals surface area (Å²) in [5, 5.41) is 3.19. The molecular formula is C16H7Cl2F4N3O2. The number of hydrogen-bond donors (Lipinski definition) is 0. The summed E-state index contributed by atoms with van der Waals surface area (Å²) in [6, 6.07) is 5.24. The van der Waals surface area contributed by atoms with Crippen molar-refractivity contribution in [1.82, 2.24) is 14.8 Å². The van der Waals surface area contributed by atoms with Gasteiger partial charge in [-0.1, -0.05) is 23.2 Å². The standard InChI is InChI=1S/C16H7Cl2F4N3O2/c17-10-5-9(2-3-11(10)19)27-12-7-24-25(15(26)14(12)18)13-4-1-8(6-23-13)16(20,21)22/h1-7H. The van der Waals surface area contributed by atoms with E-state index in [1.165, 1.54) is 12.1 Å². The van der Waals surface area contributed by atoms with Crippen LogP contribution in [0.2, 0.25) is 10.0 Å². The number of nitrogens with zero attached hydrogens (tertiary/aromatic N) is 3. The molecule has 0 N–H and O–H groups in total. The Kier molecular flexibility index (Phi) is 5.07. The van der Waals surface area contributed by atoms with Gasteiger partial charge in [0.05, 0.1) is 16.8 Å². The molecule has 140 valence electrons. The summed E-state index contributed by atoms with van der Waals surface area (Å²) in [6.07, 6.45) is -2.92. The molecule has 27 heavy (non-hydrogen) atoms. The minimum Gasteiger partial charge on any atom is -0.454 e. The quantitative estimate of drug-likeness (QED) is 0.567. The average Bonchev–Trinajstić information content (AvgIpc) is 2.62. The van der Waals surface area contributed by atoms with Crippen molar-refractivity contribution in [2.75, 3.05) is 0 Å². The molecule has 0 fully saturated rings. The van der Waals surface area contributed by atoms with Gasteiger partial charge in [0.25, 0.3) is 5.56 Å². The lowest BCUT2D eigenvalue weighted by atomic mass is 10.3. The third kappa shape index (κ3) is 4.04. The van der Waals surface area contributed by atoms with Crippen LogP contribution in [0.4, 0.5) is 17.6 Å². The van der Waals surface area contributed by atoms with E-state index in [0.717, 1.165) is 24.4 Å². The number of halogens is 6. The fourth-order valence-corrected chi connectivity index (χ4v) is 2.34. The maximum absolute atomic E-state index is 13.2. The van der Waals surface area contributed by atoms with Crippen molar-refractivity contribution in [2.45, 2.75) is 6.18 Å². The number of benzene rings is 1. The van der Waals surface area contributed by atoms with Crippen molar-refractivity contribution in [3.05, 3.63) is 74.5 Å². The van der Waals surface area contributed by atoms with Crippen molar-refractivity contribution >= 4 is 23.2 Å². The third-order valence-electron chi connectivity index (χ3n) is 3.30. The lowest BCUT2D eigenvalue weighted by Crippen LogP contribution is -2.23. The minimum atomic E-state index is -4.56. The highest BCUT2D eigenvalue weighted by Crippen LogP contribution is 2.30. The number of hydrogen-bond acceptors (Lipinski definition) is 4. The van der Waals surface area contributed by atoms with E-state index in [9.17, 15) is 22.4 Å². The van der Waals surface area contributed by atoms with Gasteiger partial charge in [0.15, 0.2) is 16.6 Å². The van der Waals surface area contributed by atoms with Crippen LogP contribution in [-0.2, 0) is 6.18 Å². The predicted octanol–water partition coefficient (Wildman–Crippen LogP) is 4.88. The number of ether oxygens (including phenoxy) is 1. The molecule has 0 atom stereocenters. The highest BCUT2D eigenvalue weighted by molar-refractivity contribution is 6.32. The number of rotatable bonds is 3. The molecule has 5 nitrogen and oxygen atoms in total. The Labute approximate surface area is 158 Å². The summed E-state index contributed by atoms with van der Waals surface area (Å²) >= 11 is 11.6. The van der Waals surface area contributed by atoms with E-state index in [1.54, 1.807) is 0 Å². The zero-order chi connectivity index (χ0) is 19.8. The van der Waals surface area contributed by atoms with Crippen LogP contribution in [-0.4, -0.2) is 14.8 Å². The Morgan fingerprint density at radius 3 is 2.41 bits per heavy atom. The first kappa shape index (κ1) is 19.1. The maximum Gasteiger partial charge on any atom is 0.417 e. The van der Waals surface area contributed by atoms with E-state index in [0.29, 0.717) is 10.9 Å². The second-order valence-corrected chi connectivity index (χ2v) is 5.91. The molecule has 11 heteroatoms. The van der Waals surface area contributed by atoms with Crippen LogP contribution in [0.3, 0.4) is 0 Å². The lowest BCUT2D eigenvalue weighted by molar-refractivity contribution is -0.137. The van der Waals surface area contributed by atoms with Crippen LogP contribution in [0.5, 0.6) is 11.5 Å². The van der Waals surface area contributed by atoms with Gasteiger partial charge in [0.2, 0.25) is 0 Å². The highest BCUT2D eigenvalue weighted by atomic mass is 35.5. The van der Waals surface area contributed by atoms with Gasteiger partial charge in [-0.2, -0.15) is 23.0 Å². The summed E-state index contributed by atoms with van der Waals surface area (Å²) in [7, 11) is 0. The Morgan fingerprint density at radius 1 is 1.07 bits per heavy atom. The molecule has 0 bridgehead atoms. The lowest BCUT2D eigenvalue weighted by Gasteiger charge is -2.10. The Balaban J connectivity index is 1.93. The van der Waals surface area contributed by atoms with Crippen molar-refractivity contribution < 1.29 is 22.3 Å². The van der Waals surface area contributed by atoms with Gasteiger partial charge in [-0.15, -0.1) is 0 Å². The monoisotopic (exact) mass is 419 g/mol. The first-order valence-electron chi connectivity index (χ1n) is 7.11. The van der Waals surface area contributed by atoms with Gasteiger partial charge in [-0.05, 0) is 24.3 Å². The minimum absolute atomic E-state index is 0.106. The summed E-state index contributed by atoms with van der Waals surface area (Å²) < 4.78 is 57.0. The Morgan fingerprint density at radius 2 is 1.81 bits per heavy atom. The van der Waals surface area contributed by atoms with E-state index in [4.69, 9.17) is 27.9 Å². The normalized spacial score (nSPS) is 11.5. The molecule has 3 rings (SSSR count). The maximum atomic E-state index is 13.2. The highest BCUT2D eigenvalue weighted by Gasteiger charge is 2.30. The Bertz CT molecular complexity index is 1050. The molecular weight excluding hydrogens is 413 g/mol. The van der Waals surface area contributed by atoms with Gasteiger partial charge >= 0.3 is 6.18 Å². The van der Waals surface area contributed by atoms with E-state index in [-0.39, 0.29) is 22.3 Å². The second-order valence-electron chi connectivity index (χ2n) is 5.12. The molecule has 3 aromatic rings. The molecule has 0 radical (unpaired) electrons. The van der Waals surface area contributed by atoms with Crippen LogP contribution in [0.25, 0.3) is 5.82 Å². The molecule has 0 aliphatic carbocycles. The van der Waals surface area contributed by atoms with Crippen LogP contribution in [0.1, 0.15) is 5.56 Å². The number of pyridine rings is 1. The van der Waals surface area contributed by atoms with E-state index in [1.807, 2.05) is 0 Å². The van der Waals surface area contributed by atoms with E-state index in [2.05, 4.69) is 10.1 Å². The summed E-state index contributed by atoms with van der Waals surface area (Å²) in [4.78, 5) is 15.9. The smallest absolute Gasteiger partial charge is 0.417 e. The molecule has 0 aliphatic rings. The summed E-state index contributed by atoms with van der Waals surface area (Å²) in [5.74, 6) is -0.856. The van der Waals surface area contributed by atoms with Gasteiger partial charge in [0.1, 0.15) is 11.6 Å². The van der Waals surface area contributed by atoms with Crippen LogP contribution < -0.4 is 10.3 Å². The van der Waals surface area contributed by atoms with Gasteiger partial charge in [-0.25, -0.2) is 9.37 Å². The molecule has 0 unspecified atom stereocenters. The van der Waals surface area contributed by atoms with Crippen LogP contribution >= 0.6 is 23.2 Å². The third-order valence-corrected chi connectivity index (χ3v) is 3.94. The summed E-state index contributed by atoms with van der Waals surface area (Å²) in [6.45, 7) is 0. The van der Waals surface area contributed by atoms with E-state index >= 15 is 0 Å². The van der Waals surface area contributed by atoms with Crippen LogP contribution in [0, 0.1) is 5.82 Å². The van der Waals surface area contributed by atoms with Crippen molar-refractivity contribution in [2.24, 2.45) is 0 Å². The topological polar surface area (TPSA) is 57.0 Å². The fourth-order valence-electron chi connectivity index (χ4n) is 2.00. The molecule has 0 saturated heterocycles. The first-order valence-corrected chi connectivity index (χ1v) is 7.87. The number of aromatic nitrogens is 3. The molecule has 1 aromatic carbocycles. The van der Waals surface area contributed by atoms with E-state index < -0.39 is 28.1 Å². The number of alkyl halides is 3. The summed E-state index contributed by atoms with van der Waals surface area (Å²) in [5.41, 5.74) is -1.84. The zero-order valence-corrected chi connectivity index (χ0v) is 14.5. The molecule has 0 amide bonds. The SMILES string of the molecule is O=c1c(Cl)c(Oc2ccc(F)c(Cl)c2)cnn1-c1ccc(C(F)(F)F)cn1. The van der Waals surface area contributed by atoms with Crippen molar-refractivity contribution in [3.8, 4) is 17.3 Å². The van der Waals surface area contributed by atoms with Crippen molar-refractivity contribution in [3.63, 3.8) is 0 Å². The molecule has 2 heterocycles. The molecule has 0 aliphatic heterocycles. The first-order chi connectivity index (χ1) is 12.7. The van der Waals surface area contributed by atoms with Crippen molar-refractivity contribution in [1.29, 1.82) is 0 Å². The van der Waals surface area contributed by atoms with Crippen LogP contribution in [0.15, 0.2) is 47.5 Å². The second kappa shape index (κ2) is 7.16. The predicted molar refractivity (Wildman–Crippen MR) is 89.1 cm³/mol. The van der Waals surface area contributed by atoms with Gasteiger partial charge in [-0.3, -0.25) is 4.79 Å². The largest absolute Gasteiger partial charge is 0.454 e. The molecule has 2 aromatic heterocycles. The zero-order valence-electron chi connectivity index (χ0n) is 13.0. The molecule has 0 spiro atoms. The average molecular weight is 420 g/mol. The fraction of sp³-hybridized carbons (Fsp3) is 0.0625.